The van der Waals surface area contributed by atoms with Crippen LogP contribution in [0.5, 0.6) is 0 Å². The van der Waals surface area contributed by atoms with Crippen LogP contribution in [0.1, 0.15) is 30.2 Å². The van der Waals surface area contributed by atoms with E-state index < -0.39 is 11.4 Å². The van der Waals surface area contributed by atoms with Crippen molar-refractivity contribution in [2.45, 2.75) is 25.7 Å². The third kappa shape index (κ3) is 4.17. The topological polar surface area (TPSA) is 93.8 Å². The zero-order chi connectivity index (χ0) is 16.9. The Balaban J connectivity index is 1.45. The number of nitrogens with zero attached hydrogens (tertiary/aromatic N) is 4. The summed E-state index contributed by atoms with van der Waals surface area (Å²) < 4.78 is 29.9. The zero-order valence-corrected chi connectivity index (χ0v) is 13.7. The van der Waals surface area contributed by atoms with E-state index in [2.05, 4.69) is 25.7 Å². The number of thiophene rings is 1. The third-order valence-electron chi connectivity index (χ3n) is 2.88. The van der Waals surface area contributed by atoms with Crippen LogP contribution >= 0.6 is 22.7 Å². The lowest BCUT2D eigenvalue weighted by molar-refractivity contribution is -0.116. The number of hydrogen-bond donors (Lipinski definition) is 1. The predicted molar refractivity (Wildman–Crippen MR) is 84.0 cm³/mol. The molecule has 7 nitrogen and oxygen atoms in total. The summed E-state index contributed by atoms with van der Waals surface area (Å²) in [5, 5.41) is 14.7. The molecule has 0 aliphatic carbocycles. The molecule has 0 radical (unpaired) electrons. The molecule has 1 N–H and O–H groups in total. The van der Waals surface area contributed by atoms with Gasteiger partial charge in [-0.15, -0.1) is 21.5 Å². The van der Waals surface area contributed by atoms with Gasteiger partial charge in [-0.05, 0) is 17.9 Å². The molecule has 1 amide bonds. The van der Waals surface area contributed by atoms with Crippen molar-refractivity contribution < 1.29 is 18.1 Å². The van der Waals surface area contributed by atoms with E-state index in [9.17, 15) is 13.6 Å². The molecule has 0 saturated carbocycles. The average Bonchev–Trinajstić information content (AvgIpc) is 3.28. The summed E-state index contributed by atoms with van der Waals surface area (Å²) in [4.78, 5) is 16.9. The largest absolute Gasteiger partial charge is 0.339 e. The van der Waals surface area contributed by atoms with Crippen molar-refractivity contribution in [2.24, 2.45) is 0 Å². The third-order valence-corrected chi connectivity index (χ3v) is 4.59. The van der Waals surface area contributed by atoms with Crippen LogP contribution in [0.4, 0.5) is 13.9 Å². The summed E-state index contributed by atoms with van der Waals surface area (Å²) in [5.41, 5.74) is 0. The first-order chi connectivity index (χ1) is 11.6. The molecule has 0 aliphatic rings. The van der Waals surface area contributed by atoms with E-state index in [0.29, 0.717) is 35.9 Å². The number of alkyl halides is 2. The first-order valence-electron chi connectivity index (χ1n) is 6.89. The van der Waals surface area contributed by atoms with Gasteiger partial charge in [-0.3, -0.25) is 4.79 Å². The number of rotatable bonds is 7. The van der Waals surface area contributed by atoms with Crippen molar-refractivity contribution >= 4 is 33.7 Å². The Morgan fingerprint density at radius 3 is 2.96 bits per heavy atom. The van der Waals surface area contributed by atoms with Crippen LogP contribution in [-0.2, 0) is 11.2 Å². The van der Waals surface area contributed by atoms with Gasteiger partial charge in [0.1, 0.15) is 0 Å². The molecule has 0 saturated heterocycles. The van der Waals surface area contributed by atoms with Crippen LogP contribution in [0.15, 0.2) is 22.0 Å². The minimum Gasteiger partial charge on any atom is -0.339 e. The Morgan fingerprint density at radius 1 is 1.38 bits per heavy atom. The van der Waals surface area contributed by atoms with Crippen LogP contribution < -0.4 is 5.32 Å². The smallest absolute Gasteiger partial charge is 0.291 e. The highest BCUT2D eigenvalue weighted by Gasteiger charge is 2.15. The summed E-state index contributed by atoms with van der Waals surface area (Å²) in [7, 11) is 0. The summed E-state index contributed by atoms with van der Waals surface area (Å²) in [6, 6.07) is 3.79. The number of halogens is 2. The molecular formula is C13H11F2N5O2S2. The summed E-state index contributed by atoms with van der Waals surface area (Å²) in [6.07, 6.45) is -1.58. The lowest BCUT2D eigenvalue weighted by Gasteiger charge is -1.99. The number of aryl methyl sites for hydroxylation is 1. The fourth-order valence-corrected chi connectivity index (χ4v) is 3.08. The molecule has 3 aromatic heterocycles. The molecule has 0 aliphatic heterocycles. The van der Waals surface area contributed by atoms with Gasteiger partial charge in [-0.1, -0.05) is 22.6 Å². The van der Waals surface area contributed by atoms with Crippen molar-refractivity contribution in [1.29, 1.82) is 0 Å². The van der Waals surface area contributed by atoms with Crippen molar-refractivity contribution in [3.63, 3.8) is 0 Å². The normalized spacial score (nSPS) is 11.1. The van der Waals surface area contributed by atoms with E-state index in [1.165, 1.54) is 11.3 Å². The molecule has 3 heterocycles. The molecule has 0 unspecified atom stereocenters. The SMILES string of the molecule is O=C(CCCc1nc(-c2cccs2)no1)Nc1nnc(C(F)F)s1. The maximum atomic E-state index is 12.4. The number of carbonyl (C=O) groups excluding carboxylic acids is 1. The standard InChI is InChI=1S/C13H11F2N5O2S2/c14-10(15)12-18-19-13(24-12)16-8(21)4-1-5-9-17-11(20-22-9)7-3-2-6-23-7/h2-3,6,10H,1,4-5H2,(H,16,19,21). The van der Waals surface area contributed by atoms with Gasteiger partial charge in [0.15, 0.2) is 5.01 Å². The minimum absolute atomic E-state index is 0.0630. The fraction of sp³-hybridized carbons (Fsp3) is 0.308. The van der Waals surface area contributed by atoms with E-state index in [0.717, 1.165) is 4.88 Å². The molecule has 0 aromatic carbocycles. The second kappa shape index (κ2) is 7.53. The fourth-order valence-electron chi connectivity index (χ4n) is 1.82. The van der Waals surface area contributed by atoms with Gasteiger partial charge >= 0.3 is 0 Å². The van der Waals surface area contributed by atoms with E-state index in [1.807, 2.05) is 17.5 Å². The highest BCUT2D eigenvalue weighted by Crippen LogP contribution is 2.25. The molecule has 24 heavy (non-hydrogen) atoms. The predicted octanol–water partition coefficient (Wildman–Crippen LogP) is 3.55. The van der Waals surface area contributed by atoms with Gasteiger partial charge in [0, 0.05) is 12.8 Å². The average molecular weight is 371 g/mol. The van der Waals surface area contributed by atoms with E-state index >= 15 is 0 Å². The molecule has 3 aromatic rings. The first kappa shape index (κ1) is 16.6. The maximum Gasteiger partial charge on any atom is 0.291 e. The van der Waals surface area contributed by atoms with Crippen molar-refractivity contribution in [3.8, 4) is 10.7 Å². The zero-order valence-electron chi connectivity index (χ0n) is 12.1. The molecular weight excluding hydrogens is 360 g/mol. The van der Waals surface area contributed by atoms with Crippen LogP contribution in [0.2, 0.25) is 0 Å². The van der Waals surface area contributed by atoms with Gasteiger partial charge in [-0.2, -0.15) is 4.98 Å². The highest BCUT2D eigenvalue weighted by molar-refractivity contribution is 7.15. The molecule has 0 atom stereocenters. The first-order valence-corrected chi connectivity index (χ1v) is 8.59. The number of hydrogen-bond acceptors (Lipinski definition) is 8. The van der Waals surface area contributed by atoms with E-state index in [4.69, 9.17) is 4.52 Å². The minimum atomic E-state index is -2.69. The van der Waals surface area contributed by atoms with Crippen LogP contribution in [0, 0.1) is 0 Å². The Morgan fingerprint density at radius 2 is 2.25 bits per heavy atom. The number of aromatic nitrogens is 4. The quantitative estimate of drug-likeness (QED) is 0.683. The molecule has 11 heteroatoms. The lowest BCUT2D eigenvalue weighted by atomic mass is 10.2. The number of carbonyl (C=O) groups is 1. The number of nitrogens with one attached hydrogen (secondary N) is 1. The second-order valence-electron chi connectivity index (χ2n) is 4.64. The van der Waals surface area contributed by atoms with Crippen molar-refractivity contribution in [1.82, 2.24) is 20.3 Å². The number of amides is 1. The van der Waals surface area contributed by atoms with Crippen molar-refractivity contribution in [2.75, 3.05) is 5.32 Å². The molecule has 0 bridgehead atoms. The molecule has 0 fully saturated rings. The molecule has 0 spiro atoms. The Bertz CT molecular complexity index is 803. The van der Waals surface area contributed by atoms with Gasteiger partial charge in [0.2, 0.25) is 22.8 Å². The monoisotopic (exact) mass is 371 g/mol. The summed E-state index contributed by atoms with van der Waals surface area (Å²) in [5.74, 6) is 0.643. The van der Waals surface area contributed by atoms with Gasteiger partial charge < -0.3 is 9.84 Å². The summed E-state index contributed by atoms with van der Waals surface area (Å²) >= 11 is 2.17. The maximum absolute atomic E-state index is 12.4. The second-order valence-corrected chi connectivity index (χ2v) is 6.59. The van der Waals surface area contributed by atoms with Crippen LogP contribution in [0.3, 0.4) is 0 Å². The number of anilines is 1. The van der Waals surface area contributed by atoms with Crippen LogP contribution in [-0.4, -0.2) is 26.2 Å². The van der Waals surface area contributed by atoms with E-state index in [-0.39, 0.29) is 17.5 Å². The van der Waals surface area contributed by atoms with E-state index in [1.54, 1.807) is 0 Å². The van der Waals surface area contributed by atoms with Gasteiger partial charge in [-0.25, -0.2) is 8.78 Å². The Labute approximate surface area is 142 Å². The Hall–Kier alpha value is -2.27. The Kier molecular flexibility index (Phi) is 5.20. The lowest BCUT2D eigenvalue weighted by Crippen LogP contribution is -2.11. The van der Waals surface area contributed by atoms with Gasteiger partial charge in [0.25, 0.3) is 6.43 Å². The molecule has 126 valence electrons. The van der Waals surface area contributed by atoms with Crippen molar-refractivity contribution in [3.05, 3.63) is 28.4 Å². The van der Waals surface area contributed by atoms with Crippen LogP contribution in [0.25, 0.3) is 10.7 Å². The summed E-state index contributed by atoms with van der Waals surface area (Å²) in [6.45, 7) is 0. The molecule has 3 rings (SSSR count). The highest BCUT2D eigenvalue weighted by atomic mass is 32.1. The van der Waals surface area contributed by atoms with Gasteiger partial charge in [0.05, 0.1) is 4.88 Å².